The molecule has 3 heterocycles. The van der Waals surface area contributed by atoms with Crippen molar-refractivity contribution in [1.29, 1.82) is 0 Å². The van der Waals surface area contributed by atoms with Gasteiger partial charge in [-0.3, -0.25) is 14.2 Å². The summed E-state index contributed by atoms with van der Waals surface area (Å²) in [5, 5.41) is 0. The van der Waals surface area contributed by atoms with Crippen molar-refractivity contribution in [1.82, 2.24) is 4.57 Å². The Bertz CT molecular complexity index is 1750. The Labute approximate surface area is 234 Å². The van der Waals surface area contributed by atoms with Gasteiger partial charge in [0.1, 0.15) is 4.53 Å². The zero-order valence-corrected chi connectivity index (χ0v) is 23.7. The fourth-order valence-electron chi connectivity index (χ4n) is 5.09. The van der Waals surface area contributed by atoms with Crippen LogP contribution in [0, 0.1) is 0 Å². The van der Waals surface area contributed by atoms with E-state index in [-0.39, 0.29) is 22.1 Å². The van der Waals surface area contributed by atoms with E-state index in [1.54, 1.807) is 49.9 Å². The molecule has 0 saturated carbocycles. The van der Waals surface area contributed by atoms with Gasteiger partial charge < -0.3 is 14.4 Å². The van der Waals surface area contributed by atoms with E-state index < -0.39 is 23.5 Å². The molecular weight excluding hydrogens is 530 g/mol. The number of hydrogen-bond donors (Lipinski definition) is 0. The molecule has 2 aliphatic rings. The maximum Gasteiger partial charge on any atom is 0.338 e. The molecule has 40 heavy (non-hydrogen) atoms. The highest BCUT2D eigenvalue weighted by atomic mass is 32.1. The Morgan fingerprint density at radius 1 is 1.05 bits per heavy atom. The SMILES string of the molecule is CCCN1C(=O)C(=c2sc3n(c2=O)C(c2ccc(C(=O)OC)cc2)C(C(=O)OC(C)C)=C(C)N=3)c2ccccc21. The number of methoxy groups -OCH3 is 1. The Kier molecular flexibility index (Phi) is 7.29. The molecule has 9 nitrogen and oxygen atoms in total. The van der Waals surface area contributed by atoms with E-state index >= 15 is 0 Å². The fraction of sp³-hybridized carbons (Fsp3) is 0.300. The lowest BCUT2D eigenvalue weighted by molar-refractivity contribution is -0.143. The molecule has 0 bridgehead atoms. The van der Waals surface area contributed by atoms with Gasteiger partial charge in [-0.2, -0.15) is 0 Å². The highest BCUT2D eigenvalue weighted by Gasteiger charge is 2.37. The van der Waals surface area contributed by atoms with Crippen molar-refractivity contribution >= 4 is 40.4 Å². The van der Waals surface area contributed by atoms with Crippen molar-refractivity contribution in [3.63, 3.8) is 0 Å². The molecule has 1 aromatic heterocycles. The summed E-state index contributed by atoms with van der Waals surface area (Å²) >= 11 is 1.13. The van der Waals surface area contributed by atoms with Crippen molar-refractivity contribution in [2.45, 2.75) is 46.3 Å². The predicted molar refractivity (Wildman–Crippen MR) is 151 cm³/mol. The second kappa shape index (κ2) is 10.7. The van der Waals surface area contributed by atoms with Crippen molar-refractivity contribution in [3.05, 3.63) is 96.2 Å². The highest BCUT2D eigenvalue weighted by Crippen LogP contribution is 2.36. The van der Waals surface area contributed by atoms with E-state index in [4.69, 9.17) is 9.47 Å². The number of allylic oxidation sites excluding steroid dienone is 1. The highest BCUT2D eigenvalue weighted by molar-refractivity contribution is 7.07. The zero-order chi connectivity index (χ0) is 28.7. The summed E-state index contributed by atoms with van der Waals surface area (Å²) in [5.74, 6) is -1.33. The molecule has 0 fully saturated rings. The van der Waals surface area contributed by atoms with Crippen LogP contribution < -0.4 is 19.8 Å². The van der Waals surface area contributed by atoms with Crippen LogP contribution >= 0.6 is 11.3 Å². The number of fused-ring (bicyclic) bond motifs is 2. The van der Waals surface area contributed by atoms with Crippen molar-refractivity contribution < 1.29 is 23.9 Å². The van der Waals surface area contributed by atoms with Crippen LogP contribution in [0.15, 0.2) is 69.6 Å². The quantitative estimate of drug-likeness (QED) is 0.430. The topological polar surface area (TPSA) is 107 Å². The van der Waals surface area contributed by atoms with E-state index in [1.807, 2.05) is 31.2 Å². The van der Waals surface area contributed by atoms with Gasteiger partial charge in [0.05, 0.1) is 47.3 Å². The van der Waals surface area contributed by atoms with Crippen molar-refractivity contribution in [2.75, 3.05) is 18.6 Å². The number of aromatic nitrogens is 1. The molecule has 0 saturated heterocycles. The first-order valence-corrected chi connectivity index (χ1v) is 13.8. The first kappa shape index (κ1) is 27.3. The Balaban J connectivity index is 1.77. The smallest absolute Gasteiger partial charge is 0.338 e. The van der Waals surface area contributed by atoms with Crippen LogP contribution in [0.4, 0.5) is 5.69 Å². The third-order valence-electron chi connectivity index (χ3n) is 6.80. The van der Waals surface area contributed by atoms with Gasteiger partial charge in [-0.25, -0.2) is 14.6 Å². The van der Waals surface area contributed by atoms with E-state index in [2.05, 4.69) is 4.99 Å². The fourth-order valence-corrected chi connectivity index (χ4v) is 6.23. The molecule has 10 heteroatoms. The van der Waals surface area contributed by atoms with Gasteiger partial charge in [-0.05, 0) is 51.0 Å². The number of thiazole rings is 1. The number of carbonyl (C=O) groups is 3. The third kappa shape index (κ3) is 4.48. The number of esters is 2. The number of rotatable bonds is 6. The summed E-state index contributed by atoms with van der Waals surface area (Å²) in [5.41, 5.74) is 2.91. The number of nitrogens with zero attached hydrogens (tertiary/aromatic N) is 3. The Morgan fingerprint density at radius 3 is 2.40 bits per heavy atom. The summed E-state index contributed by atoms with van der Waals surface area (Å²) in [6.07, 6.45) is 0.371. The molecule has 0 aliphatic carbocycles. The molecule has 2 aromatic carbocycles. The van der Waals surface area contributed by atoms with Crippen LogP contribution in [0.1, 0.15) is 61.6 Å². The molecule has 1 unspecified atom stereocenters. The van der Waals surface area contributed by atoms with Gasteiger partial charge in [0.15, 0.2) is 4.80 Å². The molecule has 0 N–H and O–H groups in total. The zero-order valence-electron chi connectivity index (χ0n) is 22.9. The van der Waals surface area contributed by atoms with Gasteiger partial charge in [0.2, 0.25) is 0 Å². The second-order valence-electron chi connectivity index (χ2n) is 9.82. The number of para-hydroxylation sites is 1. The normalized spacial score (nSPS) is 17.5. The third-order valence-corrected chi connectivity index (χ3v) is 7.86. The van der Waals surface area contributed by atoms with E-state index in [0.717, 1.165) is 23.4 Å². The number of ether oxygens (including phenoxy) is 2. The van der Waals surface area contributed by atoms with Crippen LogP contribution in [0.25, 0.3) is 5.57 Å². The van der Waals surface area contributed by atoms with Crippen molar-refractivity contribution in [3.8, 4) is 0 Å². The molecule has 0 radical (unpaired) electrons. The van der Waals surface area contributed by atoms with Crippen LogP contribution in [0.5, 0.6) is 0 Å². The van der Waals surface area contributed by atoms with Gasteiger partial charge in [0, 0.05) is 12.1 Å². The molecule has 0 spiro atoms. The van der Waals surface area contributed by atoms with Crippen LogP contribution in [0.2, 0.25) is 0 Å². The maximum atomic E-state index is 14.2. The summed E-state index contributed by atoms with van der Waals surface area (Å²) in [7, 11) is 1.30. The monoisotopic (exact) mass is 559 g/mol. The van der Waals surface area contributed by atoms with Gasteiger partial charge in [-0.1, -0.05) is 48.6 Å². The average molecular weight is 560 g/mol. The van der Waals surface area contributed by atoms with Gasteiger partial charge in [-0.15, -0.1) is 0 Å². The lowest BCUT2D eigenvalue weighted by Gasteiger charge is -2.25. The molecule has 5 rings (SSSR count). The van der Waals surface area contributed by atoms with E-state index in [1.165, 1.54) is 11.7 Å². The summed E-state index contributed by atoms with van der Waals surface area (Å²) < 4.78 is 12.1. The Morgan fingerprint density at radius 2 is 1.75 bits per heavy atom. The van der Waals surface area contributed by atoms with Crippen LogP contribution in [-0.2, 0) is 19.1 Å². The second-order valence-corrected chi connectivity index (χ2v) is 10.8. The largest absolute Gasteiger partial charge is 0.465 e. The minimum absolute atomic E-state index is 0.217. The summed E-state index contributed by atoms with van der Waals surface area (Å²) in [6, 6.07) is 13.1. The average Bonchev–Trinajstić information content (AvgIpc) is 3.39. The molecule has 3 aromatic rings. The standard InChI is InChI=1S/C30H29N3O6S/c1-6-15-32-21-10-8-7-9-20(21)23(26(32)34)25-27(35)33-24(18-11-13-19(14-12-18)28(36)38-5)22(29(37)39-16(2)3)17(4)31-30(33)40-25/h7-14,16,24H,6,15H2,1-5H3. The molecule has 1 amide bonds. The lowest BCUT2D eigenvalue weighted by Crippen LogP contribution is -2.41. The van der Waals surface area contributed by atoms with Crippen molar-refractivity contribution in [2.24, 2.45) is 4.99 Å². The van der Waals surface area contributed by atoms with Crippen LogP contribution in [-0.4, -0.2) is 42.2 Å². The molecule has 2 aliphatic heterocycles. The first-order chi connectivity index (χ1) is 19.2. The predicted octanol–water partition coefficient (Wildman–Crippen LogP) is 3.10. The van der Waals surface area contributed by atoms with Gasteiger partial charge in [0.25, 0.3) is 11.5 Å². The summed E-state index contributed by atoms with van der Waals surface area (Å²) in [4.78, 5) is 59.9. The number of carbonyl (C=O) groups excluding carboxylic acids is 3. The minimum Gasteiger partial charge on any atom is -0.465 e. The number of hydrogen-bond acceptors (Lipinski definition) is 8. The lowest BCUT2D eigenvalue weighted by atomic mass is 9.95. The molecule has 206 valence electrons. The van der Waals surface area contributed by atoms with E-state index in [9.17, 15) is 19.2 Å². The number of benzene rings is 2. The molecular formula is C30H29N3O6S. The maximum absolute atomic E-state index is 14.2. The number of anilines is 1. The van der Waals surface area contributed by atoms with Crippen LogP contribution in [0.3, 0.4) is 0 Å². The first-order valence-electron chi connectivity index (χ1n) is 13.0. The van der Waals surface area contributed by atoms with E-state index in [0.29, 0.717) is 39.3 Å². The molecule has 1 atom stereocenters. The summed E-state index contributed by atoms with van der Waals surface area (Å²) in [6.45, 7) is 7.71. The van der Waals surface area contributed by atoms with Gasteiger partial charge >= 0.3 is 11.9 Å². The minimum atomic E-state index is -0.873. The number of amides is 1. The Hall–Kier alpha value is -4.31.